The molecule has 0 spiro atoms. The number of hydrogen-bond donors (Lipinski definition) is 3. The van der Waals surface area contributed by atoms with Crippen molar-refractivity contribution in [2.24, 2.45) is 0 Å². The van der Waals surface area contributed by atoms with E-state index in [1.165, 1.54) is 0 Å². The van der Waals surface area contributed by atoms with Crippen molar-refractivity contribution in [1.82, 2.24) is 5.32 Å². The Morgan fingerprint density at radius 3 is 2.50 bits per heavy atom. The summed E-state index contributed by atoms with van der Waals surface area (Å²) in [6.07, 6.45) is 6.79. The molecule has 1 rings (SSSR count). The van der Waals surface area contributed by atoms with Crippen LogP contribution in [0.25, 0.3) is 0 Å². The summed E-state index contributed by atoms with van der Waals surface area (Å²) < 4.78 is 0. The molecule has 1 atom stereocenters. The van der Waals surface area contributed by atoms with Gasteiger partial charge in [0, 0.05) is 18.7 Å². The van der Waals surface area contributed by atoms with Crippen LogP contribution in [0.1, 0.15) is 58.8 Å². The smallest absolute Gasteiger partial charge is 0.0646 e. The van der Waals surface area contributed by atoms with Gasteiger partial charge in [-0.3, -0.25) is 0 Å². The molecule has 1 aliphatic carbocycles. The number of nitrogens with one attached hydrogen (secondary N) is 1. The van der Waals surface area contributed by atoms with Crippen molar-refractivity contribution < 1.29 is 10.2 Å². The van der Waals surface area contributed by atoms with Crippen molar-refractivity contribution in [2.75, 3.05) is 6.61 Å². The Labute approximate surface area is 99.3 Å². The van der Waals surface area contributed by atoms with Crippen LogP contribution in [-0.2, 0) is 0 Å². The van der Waals surface area contributed by atoms with Crippen molar-refractivity contribution in [3.05, 3.63) is 0 Å². The van der Waals surface area contributed by atoms with E-state index in [1.54, 1.807) is 0 Å². The van der Waals surface area contributed by atoms with E-state index in [1.807, 2.05) is 0 Å². The predicted octanol–water partition coefficient (Wildman–Crippen LogP) is 1.82. The molecule has 0 aromatic carbocycles. The third-order valence-electron chi connectivity index (χ3n) is 3.89. The zero-order valence-electron chi connectivity index (χ0n) is 10.7. The Morgan fingerprint density at radius 2 is 2.00 bits per heavy atom. The molecule has 3 heteroatoms. The Morgan fingerprint density at radius 1 is 1.38 bits per heavy atom. The zero-order valence-corrected chi connectivity index (χ0v) is 10.7. The van der Waals surface area contributed by atoms with Gasteiger partial charge in [-0.1, -0.05) is 6.92 Å². The highest BCUT2D eigenvalue weighted by atomic mass is 16.3. The topological polar surface area (TPSA) is 52.5 Å². The van der Waals surface area contributed by atoms with Gasteiger partial charge in [-0.25, -0.2) is 0 Å². The highest BCUT2D eigenvalue weighted by Gasteiger charge is 2.31. The van der Waals surface area contributed by atoms with Gasteiger partial charge in [0.05, 0.1) is 5.60 Å². The van der Waals surface area contributed by atoms with Crippen molar-refractivity contribution in [2.45, 2.75) is 76.5 Å². The summed E-state index contributed by atoms with van der Waals surface area (Å²) in [5.41, 5.74) is -0.396. The van der Waals surface area contributed by atoms with Gasteiger partial charge in [-0.05, 0) is 51.9 Å². The second-order valence-corrected chi connectivity index (χ2v) is 5.29. The molecule has 0 aromatic heterocycles. The lowest BCUT2D eigenvalue weighted by Gasteiger charge is -2.36. The molecule has 0 heterocycles. The largest absolute Gasteiger partial charge is 0.396 e. The van der Waals surface area contributed by atoms with Crippen molar-refractivity contribution in [1.29, 1.82) is 0 Å². The summed E-state index contributed by atoms with van der Waals surface area (Å²) in [7, 11) is 0. The maximum atomic E-state index is 10.1. The highest BCUT2D eigenvalue weighted by Crippen LogP contribution is 2.31. The first kappa shape index (κ1) is 13.9. The second kappa shape index (κ2) is 6.58. The van der Waals surface area contributed by atoms with Crippen LogP contribution in [-0.4, -0.2) is 34.5 Å². The number of rotatable bonds is 6. The highest BCUT2D eigenvalue weighted by molar-refractivity contribution is 4.87. The molecule has 1 unspecified atom stereocenters. The summed E-state index contributed by atoms with van der Waals surface area (Å²) in [6, 6.07) is 1.03. The SMILES string of the molecule is CCC1(O)CCC(NC(C)CCCO)CC1. The van der Waals surface area contributed by atoms with Crippen LogP contribution in [0.5, 0.6) is 0 Å². The van der Waals surface area contributed by atoms with Gasteiger partial charge in [0.1, 0.15) is 0 Å². The van der Waals surface area contributed by atoms with E-state index in [2.05, 4.69) is 19.2 Å². The van der Waals surface area contributed by atoms with E-state index in [0.717, 1.165) is 44.9 Å². The fraction of sp³-hybridized carbons (Fsp3) is 1.00. The maximum absolute atomic E-state index is 10.1. The molecule has 1 saturated carbocycles. The molecule has 0 amide bonds. The van der Waals surface area contributed by atoms with Crippen LogP contribution >= 0.6 is 0 Å². The first-order valence-corrected chi connectivity index (χ1v) is 6.69. The van der Waals surface area contributed by atoms with Crippen LogP contribution in [0.2, 0.25) is 0 Å². The van der Waals surface area contributed by atoms with Gasteiger partial charge in [-0.2, -0.15) is 0 Å². The molecule has 16 heavy (non-hydrogen) atoms. The first-order chi connectivity index (χ1) is 7.59. The molecule has 0 aliphatic heterocycles. The summed E-state index contributed by atoms with van der Waals surface area (Å²) in [4.78, 5) is 0. The number of aliphatic hydroxyl groups excluding tert-OH is 1. The van der Waals surface area contributed by atoms with E-state index >= 15 is 0 Å². The van der Waals surface area contributed by atoms with Crippen molar-refractivity contribution in [3.63, 3.8) is 0 Å². The normalized spacial score (nSPS) is 32.6. The summed E-state index contributed by atoms with van der Waals surface area (Å²) in [5, 5.41) is 22.5. The molecule has 1 aliphatic rings. The predicted molar refractivity (Wildman–Crippen MR) is 66.4 cm³/mol. The van der Waals surface area contributed by atoms with Crippen LogP contribution in [0, 0.1) is 0 Å². The van der Waals surface area contributed by atoms with Crippen molar-refractivity contribution in [3.8, 4) is 0 Å². The Kier molecular flexibility index (Phi) is 5.73. The monoisotopic (exact) mass is 229 g/mol. The van der Waals surface area contributed by atoms with Crippen LogP contribution < -0.4 is 5.32 Å². The summed E-state index contributed by atoms with van der Waals surface area (Å²) in [5.74, 6) is 0. The third kappa shape index (κ3) is 4.40. The molecule has 1 fully saturated rings. The van der Waals surface area contributed by atoms with Gasteiger partial charge < -0.3 is 15.5 Å². The first-order valence-electron chi connectivity index (χ1n) is 6.69. The molecule has 0 saturated heterocycles. The van der Waals surface area contributed by atoms with E-state index < -0.39 is 5.60 Å². The lowest BCUT2D eigenvalue weighted by atomic mass is 9.80. The van der Waals surface area contributed by atoms with E-state index in [9.17, 15) is 5.11 Å². The number of hydrogen-bond acceptors (Lipinski definition) is 3. The molecular weight excluding hydrogens is 202 g/mol. The third-order valence-corrected chi connectivity index (χ3v) is 3.89. The molecule has 0 bridgehead atoms. The van der Waals surface area contributed by atoms with Crippen LogP contribution in [0.15, 0.2) is 0 Å². The molecule has 0 radical (unpaired) electrons. The Bertz CT molecular complexity index is 188. The van der Waals surface area contributed by atoms with Gasteiger partial charge in [0.2, 0.25) is 0 Å². The minimum Gasteiger partial charge on any atom is -0.396 e. The molecule has 96 valence electrons. The van der Waals surface area contributed by atoms with Gasteiger partial charge in [-0.15, -0.1) is 0 Å². The van der Waals surface area contributed by atoms with Gasteiger partial charge >= 0.3 is 0 Å². The average Bonchev–Trinajstić information content (AvgIpc) is 2.30. The number of aliphatic hydroxyl groups is 2. The van der Waals surface area contributed by atoms with Crippen molar-refractivity contribution >= 4 is 0 Å². The lowest BCUT2D eigenvalue weighted by Crippen LogP contribution is -2.44. The van der Waals surface area contributed by atoms with Crippen LogP contribution in [0.4, 0.5) is 0 Å². The molecule has 3 N–H and O–H groups in total. The lowest BCUT2D eigenvalue weighted by molar-refractivity contribution is -0.00774. The zero-order chi connectivity index (χ0) is 12.0. The average molecular weight is 229 g/mol. The summed E-state index contributed by atoms with van der Waals surface area (Å²) in [6.45, 7) is 4.53. The fourth-order valence-electron chi connectivity index (χ4n) is 2.56. The molecule has 0 aromatic rings. The van der Waals surface area contributed by atoms with Gasteiger partial charge in [0.25, 0.3) is 0 Å². The quantitative estimate of drug-likeness (QED) is 0.651. The van der Waals surface area contributed by atoms with E-state index in [-0.39, 0.29) is 6.61 Å². The standard InChI is InChI=1S/C13H27NO2/c1-3-13(16)8-6-12(7-9-13)14-11(2)5-4-10-15/h11-12,14-16H,3-10H2,1-2H3. The molecular formula is C13H27NO2. The Hall–Kier alpha value is -0.120. The van der Waals surface area contributed by atoms with Crippen LogP contribution in [0.3, 0.4) is 0 Å². The maximum Gasteiger partial charge on any atom is 0.0646 e. The minimum absolute atomic E-state index is 0.284. The molecule has 3 nitrogen and oxygen atoms in total. The van der Waals surface area contributed by atoms with Gasteiger partial charge in [0.15, 0.2) is 0 Å². The van der Waals surface area contributed by atoms with E-state index in [4.69, 9.17) is 5.11 Å². The minimum atomic E-state index is -0.396. The van der Waals surface area contributed by atoms with E-state index in [0.29, 0.717) is 12.1 Å². The Balaban J connectivity index is 2.21. The summed E-state index contributed by atoms with van der Waals surface area (Å²) >= 11 is 0. The second-order valence-electron chi connectivity index (χ2n) is 5.29. The fourth-order valence-corrected chi connectivity index (χ4v) is 2.56.